The Morgan fingerprint density at radius 1 is 1.75 bits per heavy atom. The number of H-pyrrole nitrogens is 1. The highest BCUT2D eigenvalue weighted by atomic mass is 16.1. The Morgan fingerprint density at radius 3 is 3.08 bits per heavy atom. The van der Waals surface area contributed by atoms with Crippen molar-refractivity contribution in [3.05, 3.63) is 22.1 Å². The normalized spacial score (nSPS) is 9.42. The molecule has 1 heterocycles. The summed E-state index contributed by atoms with van der Waals surface area (Å²) in [5, 5.41) is 2.64. The summed E-state index contributed by atoms with van der Waals surface area (Å²) in [6.45, 7) is 1.85. The Balaban J connectivity index is 2.85. The van der Waals surface area contributed by atoms with E-state index in [1.165, 1.54) is 6.07 Å². The summed E-state index contributed by atoms with van der Waals surface area (Å²) in [4.78, 5) is 27.2. The molecule has 0 bridgehead atoms. The molecule has 5 nitrogen and oxygen atoms in total. The molecule has 1 rings (SSSR count). The van der Waals surface area contributed by atoms with Gasteiger partial charge in [0.2, 0.25) is 5.95 Å². The van der Waals surface area contributed by atoms with E-state index in [1.807, 2.05) is 0 Å². The molecule has 0 spiro atoms. The fraction of sp³-hybridized carbons (Fsp3) is 0.286. The standard InChI is InChI=1S/C7H9N3O2/c1-5-4-6(12)10-7(9-5)8-2-3-11/h3-4H,2H2,1H3,(H2,8,9,10,12). The fourth-order valence-corrected chi connectivity index (χ4v) is 0.801. The molecular weight excluding hydrogens is 158 g/mol. The van der Waals surface area contributed by atoms with E-state index in [2.05, 4.69) is 15.3 Å². The monoisotopic (exact) mass is 167 g/mol. The molecule has 2 N–H and O–H groups in total. The van der Waals surface area contributed by atoms with Crippen molar-refractivity contribution in [1.82, 2.24) is 9.97 Å². The van der Waals surface area contributed by atoms with Crippen LogP contribution in [0.2, 0.25) is 0 Å². The topological polar surface area (TPSA) is 74.8 Å². The maximum atomic E-state index is 10.9. The SMILES string of the molecule is Cc1cc(=O)[nH]c(NCC=O)n1. The van der Waals surface area contributed by atoms with Gasteiger partial charge in [-0.1, -0.05) is 0 Å². The number of aryl methyl sites for hydroxylation is 1. The Morgan fingerprint density at radius 2 is 2.50 bits per heavy atom. The molecule has 0 aliphatic rings. The van der Waals surface area contributed by atoms with E-state index in [9.17, 15) is 9.59 Å². The third kappa shape index (κ3) is 2.19. The van der Waals surface area contributed by atoms with E-state index in [-0.39, 0.29) is 12.1 Å². The Labute approximate surface area is 68.8 Å². The maximum absolute atomic E-state index is 10.9. The first-order valence-corrected chi connectivity index (χ1v) is 3.48. The number of hydrogen-bond donors (Lipinski definition) is 2. The molecular formula is C7H9N3O2. The van der Waals surface area contributed by atoms with Gasteiger partial charge in [-0.05, 0) is 6.92 Å². The lowest BCUT2D eigenvalue weighted by molar-refractivity contribution is -0.106. The molecule has 64 valence electrons. The largest absolute Gasteiger partial charge is 0.349 e. The van der Waals surface area contributed by atoms with Crippen LogP contribution in [-0.4, -0.2) is 22.8 Å². The lowest BCUT2D eigenvalue weighted by Crippen LogP contribution is -2.13. The van der Waals surface area contributed by atoms with Gasteiger partial charge in [0.15, 0.2) is 0 Å². The number of nitrogens with one attached hydrogen (secondary N) is 2. The predicted molar refractivity (Wildman–Crippen MR) is 44.1 cm³/mol. The van der Waals surface area contributed by atoms with Crippen LogP contribution in [0, 0.1) is 6.92 Å². The van der Waals surface area contributed by atoms with Crippen LogP contribution in [0.5, 0.6) is 0 Å². The molecule has 0 fully saturated rings. The molecule has 1 aromatic rings. The maximum Gasteiger partial charge on any atom is 0.252 e. The molecule has 0 aliphatic carbocycles. The molecule has 5 heteroatoms. The number of carbonyl (C=O) groups excluding carboxylic acids is 1. The zero-order chi connectivity index (χ0) is 8.97. The van der Waals surface area contributed by atoms with Crippen molar-refractivity contribution in [3.63, 3.8) is 0 Å². The van der Waals surface area contributed by atoms with Gasteiger partial charge in [-0.15, -0.1) is 0 Å². The smallest absolute Gasteiger partial charge is 0.252 e. The average molecular weight is 167 g/mol. The van der Waals surface area contributed by atoms with Crippen LogP contribution < -0.4 is 10.9 Å². The zero-order valence-electron chi connectivity index (χ0n) is 6.63. The molecule has 0 saturated carbocycles. The summed E-state index contributed by atoms with van der Waals surface area (Å²) in [5.41, 5.74) is 0.392. The lowest BCUT2D eigenvalue weighted by Gasteiger charge is -2.00. The average Bonchev–Trinajstić information content (AvgIpc) is 1.99. The number of aromatic amines is 1. The molecule has 0 saturated heterocycles. The summed E-state index contributed by atoms with van der Waals surface area (Å²) in [5.74, 6) is 0.326. The highest BCUT2D eigenvalue weighted by Crippen LogP contribution is 1.93. The second-order valence-electron chi connectivity index (χ2n) is 2.28. The Kier molecular flexibility index (Phi) is 2.57. The third-order valence-electron chi connectivity index (χ3n) is 1.22. The minimum Gasteiger partial charge on any atom is -0.349 e. The van der Waals surface area contributed by atoms with Crippen molar-refractivity contribution in [2.24, 2.45) is 0 Å². The number of hydrogen-bond acceptors (Lipinski definition) is 4. The first-order valence-electron chi connectivity index (χ1n) is 3.48. The molecule has 0 unspecified atom stereocenters. The van der Waals surface area contributed by atoms with Crippen LogP contribution in [0.1, 0.15) is 5.69 Å². The second kappa shape index (κ2) is 3.66. The summed E-state index contributed by atoms with van der Waals surface area (Å²) in [6.07, 6.45) is 0.697. The van der Waals surface area contributed by atoms with Crippen molar-refractivity contribution in [2.45, 2.75) is 6.92 Å². The van der Waals surface area contributed by atoms with Gasteiger partial charge in [-0.25, -0.2) is 4.98 Å². The number of aldehydes is 1. The highest BCUT2D eigenvalue weighted by molar-refractivity contribution is 5.56. The number of anilines is 1. The fourth-order valence-electron chi connectivity index (χ4n) is 0.801. The highest BCUT2D eigenvalue weighted by Gasteiger charge is 1.94. The van der Waals surface area contributed by atoms with E-state index in [0.29, 0.717) is 17.9 Å². The summed E-state index contributed by atoms with van der Waals surface area (Å²) < 4.78 is 0. The summed E-state index contributed by atoms with van der Waals surface area (Å²) in [7, 11) is 0. The van der Waals surface area contributed by atoms with E-state index in [0.717, 1.165) is 0 Å². The van der Waals surface area contributed by atoms with Crippen LogP contribution in [-0.2, 0) is 4.79 Å². The van der Waals surface area contributed by atoms with E-state index in [4.69, 9.17) is 0 Å². The van der Waals surface area contributed by atoms with Gasteiger partial charge in [-0.3, -0.25) is 9.78 Å². The molecule has 0 amide bonds. The van der Waals surface area contributed by atoms with E-state index >= 15 is 0 Å². The summed E-state index contributed by atoms with van der Waals surface area (Å²) in [6, 6.07) is 1.38. The number of aromatic nitrogens is 2. The van der Waals surface area contributed by atoms with Crippen molar-refractivity contribution in [1.29, 1.82) is 0 Å². The van der Waals surface area contributed by atoms with Crippen LogP contribution in [0.25, 0.3) is 0 Å². The first-order chi connectivity index (χ1) is 5.72. The molecule has 1 aromatic heterocycles. The van der Waals surface area contributed by atoms with Gasteiger partial charge in [0, 0.05) is 11.8 Å². The van der Waals surface area contributed by atoms with Crippen LogP contribution in [0.4, 0.5) is 5.95 Å². The third-order valence-corrected chi connectivity index (χ3v) is 1.22. The Hall–Kier alpha value is -1.65. The molecule has 12 heavy (non-hydrogen) atoms. The molecule has 0 aromatic carbocycles. The van der Waals surface area contributed by atoms with Gasteiger partial charge in [-0.2, -0.15) is 0 Å². The van der Waals surface area contributed by atoms with E-state index < -0.39 is 0 Å². The van der Waals surface area contributed by atoms with Gasteiger partial charge in [0.25, 0.3) is 5.56 Å². The first kappa shape index (κ1) is 8.45. The Bertz CT molecular complexity index is 332. The molecule has 0 aliphatic heterocycles. The van der Waals surface area contributed by atoms with Crippen LogP contribution in [0.3, 0.4) is 0 Å². The number of nitrogens with zero attached hydrogens (tertiary/aromatic N) is 1. The van der Waals surface area contributed by atoms with Crippen molar-refractivity contribution in [2.75, 3.05) is 11.9 Å². The van der Waals surface area contributed by atoms with Crippen LogP contribution >= 0.6 is 0 Å². The van der Waals surface area contributed by atoms with E-state index in [1.54, 1.807) is 6.92 Å². The molecule has 0 atom stereocenters. The van der Waals surface area contributed by atoms with Crippen molar-refractivity contribution < 1.29 is 4.79 Å². The molecule has 0 radical (unpaired) electrons. The number of rotatable bonds is 3. The minimum atomic E-state index is -0.226. The number of carbonyl (C=O) groups is 1. The van der Waals surface area contributed by atoms with Crippen LogP contribution in [0.15, 0.2) is 10.9 Å². The van der Waals surface area contributed by atoms with Gasteiger partial charge in [0.1, 0.15) is 6.29 Å². The lowest BCUT2D eigenvalue weighted by atomic mass is 10.4. The second-order valence-corrected chi connectivity index (χ2v) is 2.28. The van der Waals surface area contributed by atoms with Crippen molar-refractivity contribution in [3.8, 4) is 0 Å². The van der Waals surface area contributed by atoms with Gasteiger partial charge in [0.05, 0.1) is 6.54 Å². The quantitative estimate of drug-likeness (QED) is 0.605. The van der Waals surface area contributed by atoms with Gasteiger partial charge >= 0.3 is 0 Å². The minimum absolute atomic E-state index is 0.145. The zero-order valence-corrected chi connectivity index (χ0v) is 6.63. The van der Waals surface area contributed by atoms with Gasteiger partial charge < -0.3 is 10.1 Å². The van der Waals surface area contributed by atoms with Crippen molar-refractivity contribution >= 4 is 12.2 Å². The summed E-state index contributed by atoms with van der Waals surface area (Å²) >= 11 is 0. The predicted octanol–water partition coefficient (Wildman–Crippen LogP) is -0.311.